The molecule has 0 bridgehead atoms. The van der Waals surface area contributed by atoms with Crippen LogP contribution in [0.25, 0.3) is 0 Å². The molecule has 74 valence electrons. The molecule has 0 amide bonds. The molecule has 0 atom stereocenters. The number of carbonyl (C=O) groups is 1. The number of allylic oxidation sites excluding steroid dienone is 2. The average Bonchev–Trinajstić information content (AvgIpc) is 2.20. The van der Waals surface area contributed by atoms with E-state index in [0.717, 1.165) is 6.42 Å². The van der Waals surface area contributed by atoms with Crippen LogP contribution < -0.4 is 4.74 Å². The van der Waals surface area contributed by atoms with E-state index in [9.17, 15) is 4.79 Å². The van der Waals surface area contributed by atoms with Gasteiger partial charge >= 0.3 is 5.97 Å². The van der Waals surface area contributed by atoms with Crippen molar-refractivity contribution in [2.24, 2.45) is 0 Å². The molecule has 1 aromatic carbocycles. The molecule has 0 unspecified atom stereocenters. The fraction of sp³-hybridized carbons (Fsp3) is 0.250. The maximum atomic E-state index is 11.2. The summed E-state index contributed by atoms with van der Waals surface area (Å²) >= 11 is 0. The summed E-state index contributed by atoms with van der Waals surface area (Å²) < 4.78 is 5.09. The molecule has 0 aromatic heterocycles. The van der Waals surface area contributed by atoms with Crippen LogP contribution in [0.3, 0.4) is 0 Å². The van der Waals surface area contributed by atoms with Crippen molar-refractivity contribution in [3.63, 3.8) is 0 Å². The van der Waals surface area contributed by atoms with Gasteiger partial charge in [0.25, 0.3) is 0 Å². The van der Waals surface area contributed by atoms with Gasteiger partial charge in [0.1, 0.15) is 5.75 Å². The molecule has 0 aliphatic heterocycles. The van der Waals surface area contributed by atoms with Crippen LogP contribution in [0.2, 0.25) is 0 Å². The minimum Gasteiger partial charge on any atom is -0.427 e. The van der Waals surface area contributed by atoms with E-state index >= 15 is 0 Å². The molecule has 0 aliphatic carbocycles. The third-order valence-electron chi connectivity index (χ3n) is 1.73. The molecule has 1 rings (SSSR count). The van der Waals surface area contributed by atoms with Gasteiger partial charge in [-0.15, -0.1) is 0 Å². The lowest BCUT2D eigenvalue weighted by Crippen LogP contribution is -2.06. The highest BCUT2D eigenvalue weighted by Gasteiger charge is 2.01. The number of para-hydroxylation sites is 1. The molecule has 0 saturated heterocycles. The monoisotopic (exact) mass is 190 g/mol. The minimum atomic E-state index is -0.186. The van der Waals surface area contributed by atoms with E-state index < -0.39 is 0 Å². The normalized spacial score (nSPS) is 10.4. The molecule has 2 nitrogen and oxygen atoms in total. The van der Waals surface area contributed by atoms with Gasteiger partial charge in [-0.2, -0.15) is 0 Å². The van der Waals surface area contributed by atoms with E-state index in [2.05, 4.69) is 0 Å². The van der Waals surface area contributed by atoms with Crippen molar-refractivity contribution in [3.05, 3.63) is 42.5 Å². The standard InChI is InChI=1S/C12H14O2/c1-2-3-5-10-12(13)14-11-8-6-4-7-9-11/h2-4,6-9H,5,10H2,1H3/b3-2-. The lowest BCUT2D eigenvalue weighted by atomic mass is 10.3. The second-order valence-corrected chi connectivity index (χ2v) is 2.89. The summed E-state index contributed by atoms with van der Waals surface area (Å²) in [5.41, 5.74) is 0. The first-order valence-corrected chi connectivity index (χ1v) is 4.70. The van der Waals surface area contributed by atoms with Gasteiger partial charge in [-0.25, -0.2) is 0 Å². The summed E-state index contributed by atoms with van der Waals surface area (Å²) in [4.78, 5) is 11.2. The quantitative estimate of drug-likeness (QED) is 0.414. The number of ether oxygens (including phenoxy) is 1. The van der Waals surface area contributed by atoms with Gasteiger partial charge in [-0.05, 0) is 25.5 Å². The Labute approximate surface area is 84.2 Å². The Bertz CT molecular complexity index is 301. The highest BCUT2D eigenvalue weighted by molar-refractivity contribution is 5.72. The smallest absolute Gasteiger partial charge is 0.311 e. The number of esters is 1. The van der Waals surface area contributed by atoms with E-state index in [1.165, 1.54) is 0 Å². The van der Waals surface area contributed by atoms with Crippen molar-refractivity contribution in [2.75, 3.05) is 0 Å². The van der Waals surface area contributed by atoms with Gasteiger partial charge in [0.05, 0.1) is 0 Å². The van der Waals surface area contributed by atoms with Crippen LogP contribution in [0.5, 0.6) is 5.75 Å². The second-order valence-electron chi connectivity index (χ2n) is 2.89. The second kappa shape index (κ2) is 5.97. The fourth-order valence-corrected chi connectivity index (χ4v) is 1.04. The first-order valence-electron chi connectivity index (χ1n) is 4.70. The number of hydrogen-bond donors (Lipinski definition) is 0. The van der Waals surface area contributed by atoms with Crippen molar-refractivity contribution < 1.29 is 9.53 Å². The molecule has 14 heavy (non-hydrogen) atoms. The zero-order valence-electron chi connectivity index (χ0n) is 8.27. The van der Waals surface area contributed by atoms with E-state index in [-0.39, 0.29) is 5.97 Å². The maximum absolute atomic E-state index is 11.2. The molecular formula is C12H14O2. The number of benzene rings is 1. The van der Waals surface area contributed by atoms with Crippen molar-refractivity contribution >= 4 is 5.97 Å². The van der Waals surface area contributed by atoms with Crippen molar-refractivity contribution in [3.8, 4) is 5.75 Å². The van der Waals surface area contributed by atoms with E-state index in [0.29, 0.717) is 12.2 Å². The summed E-state index contributed by atoms with van der Waals surface area (Å²) in [6.45, 7) is 1.93. The van der Waals surface area contributed by atoms with E-state index in [1.54, 1.807) is 12.1 Å². The summed E-state index contributed by atoms with van der Waals surface area (Å²) in [5, 5.41) is 0. The van der Waals surface area contributed by atoms with Gasteiger partial charge in [-0.3, -0.25) is 4.79 Å². The molecule has 0 saturated carbocycles. The third-order valence-corrected chi connectivity index (χ3v) is 1.73. The molecule has 0 aliphatic rings. The summed E-state index contributed by atoms with van der Waals surface area (Å²) in [5.74, 6) is 0.423. The van der Waals surface area contributed by atoms with Crippen molar-refractivity contribution in [2.45, 2.75) is 19.8 Å². The van der Waals surface area contributed by atoms with Gasteiger partial charge in [0, 0.05) is 6.42 Å². The molecule has 0 spiro atoms. The Hall–Kier alpha value is -1.57. The Balaban J connectivity index is 2.34. The van der Waals surface area contributed by atoms with Crippen LogP contribution in [0.4, 0.5) is 0 Å². The summed E-state index contributed by atoms with van der Waals surface area (Å²) in [6, 6.07) is 9.11. The molecule has 0 fully saturated rings. The number of hydrogen-bond acceptors (Lipinski definition) is 2. The van der Waals surface area contributed by atoms with Crippen LogP contribution in [-0.4, -0.2) is 5.97 Å². The predicted octanol–water partition coefficient (Wildman–Crippen LogP) is 2.95. The Morgan fingerprint density at radius 2 is 2.07 bits per heavy atom. The predicted molar refractivity (Wildman–Crippen MR) is 56.1 cm³/mol. The van der Waals surface area contributed by atoms with Gasteiger partial charge in [-0.1, -0.05) is 30.4 Å². The highest BCUT2D eigenvalue weighted by Crippen LogP contribution is 2.09. The first-order chi connectivity index (χ1) is 6.83. The Kier molecular flexibility index (Phi) is 4.48. The van der Waals surface area contributed by atoms with Crippen LogP contribution in [0.15, 0.2) is 42.5 Å². The number of rotatable bonds is 4. The van der Waals surface area contributed by atoms with E-state index in [1.807, 2.05) is 37.3 Å². The van der Waals surface area contributed by atoms with Gasteiger partial charge < -0.3 is 4.74 Å². The molecule has 0 radical (unpaired) electrons. The average molecular weight is 190 g/mol. The molecule has 0 N–H and O–H groups in total. The van der Waals surface area contributed by atoms with Crippen LogP contribution in [0, 0.1) is 0 Å². The molecule has 1 aromatic rings. The van der Waals surface area contributed by atoms with Gasteiger partial charge in [0.2, 0.25) is 0 Å². The highest BCUT2D eigenvalue weighted by atomic mass is 16.5. The van der Waals surface area contributed by atoms with E-state index in [4.69, 9.17) is 4.74 Å². The summed E-state index contributed by atoms with van der Waals surface area (Å²) in [6.07, 6.45) is 5.05. The lowest BCUT2D eigenvalue weighted by Gasteiger charge is -2.01. The minimum absolute atomic E-state index is 0.186. The largest absolute Gasteiger partial charge is 0.427 e. The lowest BCUT2D eigenvalue weighted by molar-refractivity contribution is -0.134. The SMILES string of the molecule is C/C=C\CCC(=O)Oc1ccccc1. The Morgan fingerprint density at radius 3 is 2.71 bits per heavy atom. The maximum Gasteiger partial charge on any atom is 0.311 e. The summed E-state index contributed by atoms with van der Waals surface area (Å²) in [7, 11) is 0. The fourth-order valence-electron chi connectivity index (χ4n) is 1.04. The molecular weight excluding hydrogens is 176 g/mol. The van der Waals surface area contributed by atoms with Crippen LogP contribution in [-0.2, 0) is 4.79 Å². The van der Waals surface area contributed by atoms with Gasteiger partial charge in [0.15, 0.2) is 0 Å². The van der Waals surface area contributed by atoms with Crippen LogP contribution in [0.1, 0.15) is 19.8 Å². The van der Waals surface area contributed by atoms with Crippen LogP contribution >= 0.6 is 0 Å². The van der Waals surface area contributed by atoms with Crippen molar-refractivity contribution in [1.29, 1.82) is 0 Å². The molecule has 2 heteroatoms. The van der Waals surface area contributed by atoms with Crippen molar-refractivity contribution in [1.82, 2.24) is 0 Å². The zero-order valence-corrected chi connectivity index (χ0v) is 8.27. The first kappa shape index (κ1) is 10.5. The third kappa shape index (κ3) is 3.90. The number of carbonyl (C=O) groups excluding carboxylic acids is 1. The molecule has 0 heterocycles. The topological polar surface area (TPSA) is 26.3 Å². The zero-order chi connectivity index (χ0) is 10.2. The Morgan fingerprint density at radius 1 is 1.36 bits per heavy atom.